The molecule has 2 rings (SSSR count). The molecule has 0 aliphatic carbocycles. The second-order valence-corrected chi connectivity index (χ2v) is 4.39. The molecule has 5 heteroatoms. The Labute approximate surface area is 90.3 Å². The van der Waals surface area contributed by atoms with Crippen molar-refractivity contribution in [1.82, 2.24) is 19.7 Å². The van der Waals surface area contributed by atoms with Crippen LogP contribution in [0.4, 0.5) is 5.95 Å². The zero-order valence-corrected chi connectivity index (χ0v) is 9.26. The number of nitrogen functional groups attached to an aromatic ring is 1. The van der Waals surface area contributed by atoms with Crippen LogP contribution in [0.3, 0.4) is 0 Å². The maximum Gasteiger partial charge on any atom is 0.239 e. The maximum absolute atomic E-state index is 5.45. The highest BCUT2D eigenvalue weighted by molar-refractivity contribution is 5.09. The number of likely N-dealkylation sites (tertiary alicyclic amines) is 1. The van der Waals surface area contributed by atoms with Crippen LogP contribution in [0.1, 0.15) is 19.8 Å². The normalized spacial score (nSPS) is 19.5. The van der Waals surface area contributed by atoms with Crippen molar-refractivity contribution in [2.24, 2.45) is 5.92 Å². The molecule has 84 valence electrons. The first-order valence-corrected chi connectivity index (χ1v) is 5.61. The van der Waals surface area contributed by atoms with Crippen molar-refractivity contribution < 1.29 is 0 Å². The van der Waals surface area contributed by atoms with Gasteiger partial charge < -0.3 is 10.6 Å². The summed E-state index contributed by atoms with van der Waals surface area (Å²) in [4.78, 5) is 6.39. The van der Waals surface area contributed by atoms with Gasteiger partial charge in [-0.2, -0.15) is 0 Å². The van der Waals surface area contributed by atoms with Crippen LogP contribution in [-0.4, -0.2) is 39.3 Å². The molecule has 0 radical (unpaired) electrons. The van der Waals surface area contributed by atoms with Crippen molar-refractivity contribution in [2.75, 3.05) is 25.4 Å². The number of anilines is 1. The predicted molar refractivity (Wildman–Crippen MR) is 59.3 cm³/mol. The van der Waals surface area contributed by atoms with Crippen LogP contribution in [0.15, 0.2) is 6.33 Å². The van der Waals surface area contributed by atoms with E-state index in [0.717, 1.165) is 19.0 Å². The number of nitrogens with zero attached hydrogens (tertiary/aromatic N) is 4. The quantitative estimate of drug-likeness (QED) is 0.791. The van der Waals surface area contributed by atoms with Gasteiger partial charge in [0.05, 0.1) is 6.54 Å². The Bertz CT molecular complexity index is 301. The molecule has 5 nitrogen and oxygen atoms in total. The van der Waals surface area contributed by atoms with Crippen molar-refractivity contribution in [2.45, 2.75) is 26.3 Å². The molecular weight excluding hydrogens is 190 g/mol. The van der Waals surface area contributed by atoms with Gasteiger partial charge in [0.25, 0.3) is 0 Å². The van der Waals surface area contributed by atoms with Gasteiger partial charge in [-0.1, -0.05) is 6.92 Å². The van der Waals surface area contributed by atoms with Gasteiger partial charge >= 0.3 is 0 Å². The van der Waals surface area contributed by atoms with Gasteiger partial charge in [-0.05, 0) is 31.8 Å². The van der Waals surface area contributed by atoms with E-state index >= 15 is 0 Å². The van der Waals surface area contributed by atoms with Crippen molar-refractivity contribution in [3.63, 3.8) is 0 Å². The minimum absolute atomic E-state index is 0.363. The largest absolute Gasteiger partial charge is 0.367 e. The van der Waals surface area contributed by atoms with E-state index in [-0.39, 0.29) is 0 Å². The molecule has 1 aliphatic heterocycles. The summed E-state index contributed by atoms with van der Waals surface area (Å²) in [5.74, 6) is 1.26. The van der Waals surface area contributed by atoms with Gasteiger partial charge in [-0.15, -0.1) is 5.10 Å². The first-order chi connectivity index (χ1) is 7.24. The highest BCUT2D eigenvalue weighted by atomic mass is 15.4. The molecule has 0 bridgehead atoms. The third-order valence-corrected chi connectivity index (χ3v) is 3.08. The smallest absolute Gasteiger partial charge is 0.239 e. The highest BCUT2D eigenvalue weighted by Gasteiger charge is 2.15. The lowest BCUT2D eigenvalue weighted by Crippen LogP contribution is -2.35. The molecular formula is C10H19N5. The van der Waals surface area contributed by atoms with E-state index < -0.39 is 0 Å². The molecule has 1 saturated heterocycles. The summed E-state index contributed by atoms with van der Waals surface area (Å²) in [5, 5.41) is 4.07. The lowest BCUT2D eigenvalue weighted by atomic mass is 9.99. The molecule has 1 aromatic rings. The van der Waals surface area contributed by atoms with Crippen LogP contribution in [0, 0.1) is 5.92 Å². The summed E-state index contributed by atoms with van der Waals surface area (Å²) in [5.41, 5.74) is 5.45. The standard InChI is InChI=1S/C10H19N5/c1-9-2-4-14(5-3-9)6-7-15-8-12-10(11)13-15/h8-9H,2-7H2,1H3,(H2,11,13). The zero-order chi connectivity index (χ0) is 10.7. The van der Waals surface area contributed by atoms with Crippen molar-refractivity contribution >= 4 is 5.95 Å². The highest BCUT2D eigenvalue weighted by Crippen LogP contribution is 2.15. The Morgan fingerprint density at radius 2 is 2.13 bits per heavy atom. The molecule has 0 atom stereocenters. The third-order valence-electron chi connectivity index (χ3n) is 3.08. The van der Waals surface area contributed by atoms with Gasteiger partial charge in [0.1, 0.15) is 6.33 Å². The predicted octanol–water partition coefficient (Wildman–Crippen LogP) is 0.592. The minimum atomic E-state index is 0.363. The fourth-order valence-corrected chi connectivity index (χ4v) is 1.95. The molecule has 2 N–H and O–H groups in total. The van der Waals surface area contributed by atoms with Gasteiger partial charge in [-0.3, -0.25) is 0 Å². The second-order valence-electron chi connectivity index (χ2n) is 4.39. The Hall–Kier alpha value is -1.10. The SMILES string of the molecule is CC1CCN(CCn2cnc(N)n2)CC1. The van der Waals surface area contributed by atoms with Crippen LogP contribution in [0.2, 0.25) is 0 Å². The first-order valence-electron chi connectivity index (χ1n) is 5.61. The van der Waals surface area contributed by atoms with E-state index in [4.69, 9.17) is 5.73 Å². The summed E-state index contributed by atoms with van der Waals surface area (Å²) in [6.07, 6.45) is 4.33. The van der Waals surface area contributed by atoms with E-state index in [1.54, 1.807) is 6.33 Å². The fraction of sp³-hybridized carbons (Fsp3) is 0.800. The number of nitrogens with two attached hydrogens (primary N) is 1. The van der Waals surface area contributed by atoms with Crippen LogP contribution in [0.25, 0.3) is 0 Å². The van der Waals surface area contributed by atoms with E-state index in [1.807, 2.05) is 4.68 Å². The number of rotatable bonds is 3. The fourth-order valence-electron chi connectivity index (χ4n) is 1.95. The number of piperidine rings is 1. The Kier molecular flexibility index (Phi) is 3.20. The monoisotopic (exact) mass is 209 g/mol. The third kappa shape index (κ3) is 2.92. The molecule has 15 heavy (non-hydrogen) atoms. The van der Waals surface area contributed by atoms with Crippen molar-refractivity contribution in [3.05, 3.63) is 6.33 Å². The summed E-state index contributed by atoms with van der Waals surface area (Å²) in [6.45, 7) is 6.69. The molecule has 1 aromatic heterocycles. The van der Waals surface area contributed by atoms with E-state index in [1.165, 1.54) is 25.9 Å². The molecule has 0 spiro atoms. The van der Waals surface area contributed by atoms with Crippen LogP contribution in [-0.2, 0) is 6.54 Å². The van der Waals surface area contributed by atoms with E-state index in [0.29, 0.717) is 5.95 Å². The van der Waals surface area contributed by atoms with E-state index in [9.17, 15) is 0 Å². The van der Waals surface area contributed by atoms with Gasteiger partial charge in [0, 0.05) is 6.54 Å². The van der Waals surface area contributed by atoms with Crippen LogP contribution >= 0.6 is 0 Å². The lowest BCUT2D eigenvalue weighted by Gasteiger charge is -2.29. The second kappa shape index (κ2) is 4.61. The molecule has 1 aliphatic rings. The summed E-state index contributed by atoms with van der Waals surface area (Å²) in [7, 11) is 0. The minimum Gasteiger partial charge on any atom is -0.367 e. The van der Waals surface area contributed by atoms with Crippen LogP contribution < -0.4 is 5.73 Å². The Balaban J connectivity index is 1.74. The molecule has 0 saturated carbocycles. The zero-order valence-electron chi connectivity index (χ0n) is 9.26. The molecule has 1 fully saturated rings. The van der Waals surface area contributed by atoms with Crippen molar-refractivity contribution in [1.29, 1.82) is 0 Å². The van der Waals surface area contributed by atoms with Gasteiger partial charge in [0.2, 0.25) is 5.95 Å². The van der Waals surface area contributed by atoms with Gasteiger partial charge in [0.15, 0.2) is 0 Å². The van der Waals surface area contributed by atoms with Gasteiger partial charge in [-0.25, -0.2) is 9.67 Å². The summed E-state index contributed by atoms with van der Waals surface area (Å²) < 4.78 is 1.81. The average molecular weight is 209 g/mol. The Morgan fingerprint density at radius 1 is 1.40 bits per heavy atom. The number of hydrogen-bond acceptors (Lipinski definition) is 4. The average Bonchev–Trinajstić information content (AvgIpc) is 2.64. The first kappa shape index (κ1) is 10.4. The van der Waals surface area contributed by atoms with E-state index in [2.05, 4.69) is 21.9 Å². The van der Waals surface area contributed by atoms with Crippen molar-refractivity contribution in [3.8, 4) is 0 Å². The number of aromatic nitrogens is 3. The molecule has 0 amide bonds. The summed E-state index contributed by atoms with van der Waals surface area (Å²) in [6, 6.07) is 0. The lowest BCUT2D eigenvalue weighted by molar-refractivity contribution is 0.184. The topological polar surface area (TPSA) is 60.0 Å². The Morgan fingerprint density at radius 3 is 2.73 bits per heavy atom. The summed E-state index contributed by atoms with van der Waals surface area (Å²) >= 11 is 0. The maximum atomic E-state index is 5.45. The molecule has 0 unspecified atom stereocenters. The molecule has 0 aromatic carbocycles. The molecule has 2 heterocycles. The number of hydrogen-bond donors (Lipinski definition) is 1. The van der Waals surface area contributed by atoms with Crippen LogP contribution in [0.5, 0.6) is 0 Å².